The smallest absolute Gasteiger partial charge is 0.317 e. The molecule has 0 radical (unpaired) electrons. The van der Waals surface area contributed by atoms with E-state index in [-0.39, 0.29) is 5.97 Å². The van der Waals surface area contributed by atoms with Gasteiger partial charge in [0.2, 0.25) is 0 Å². The molecule has 3 heteroatoms. The fourth-order valence-electron chi connectivity index (χ4n) is 2.43. The van der Waals surface area contributed by atoms with Crippen LogP contribution in [-0.4, -0.2) is 18.5 Å². The van der Waals surface area contributed by atoms with Gasteiger partial charge >= 0.3 is 5.97 Å². The average molecular weight is 315 g/mol. The molecule has 0 aliphatic carbocycles. The molecule has 114 valence electrons. The quantitative estimate of drug-likeness (QED) is 0.573. The Hall–Kier alpha value is -2.06. The van der Waals surface area contributed by atoms with Gasteiger partial charge < -0.3 is 4.74 Å². The van der Waals surface area contributed by atoms with E-state index < -0.39 is 5.92 Å². The molecule has 22 heavy (non-hydrogen) atoms. The van der Waals surface area contributed by atoms with E-state index in [1.165, 1.54) is 0 Å². The van der Waals surface area contributed by atoms with E-state index in [1.807, 2.05) is 73.7 Å². The van der Waals surface area contributed by atoms with Gasteiger partial charge in [-0.3, -0.25) is 4.79 Å². The maximum atomic E-state index is 12.5. The number of carbonyl (C=O) groups is 1. The van der Waals surface area contributed by atoms with Crippen molar-refractivity contribution >= 4 is 23.1 Å². The first-order valence-corrected chi connectivity index (χ1v) is 7.84. The monoisotopic (exact) mass is 314 g/mol. The highest BCUT2D eigenvalue weighted by atomic mass is 35.5. The Morgan fingerprint density at radius 1 is 1.09 bits per heavy atom. The second-order valence-electron chi connectivity index (χ2n) is 4.78. The lowest BCUT2D eigenvalue weighted by atomic mass is 9.86. The molecule has 2 aromatic rings. The molecule has 2 nitrogen and oxygen atoms in total. The van der Waals surface area contributed by atoms with Crippen LogP contribution in [0, 0.1) is 0 Å². The highest BCUT2D eigenvalue weighted by molar-refractivity contribution is 6.19. The van der Waals surface area contributed by atoms with Crippen molar-refractivity contribution in [3.05, 3.63) is 77.9 Å². The van der Waals surface area contributed by atoms with Gasteiger partial charge in [0.15, 0.2) is 0 Å². The number of alkyl halides is 1. The maximum Gasteiger partial charge on any atom is 0.317 e. The van der Waals surface area contributed by atoms with E-state index in [0.29, 0.717) is 12.5 Å². The summed E-state index contributed by atoms with van der Waals surface area (Å²) in [5.41, 5.74) is 2.76. The number of hydrogen-bond acceptors (Lipinski definition) is 2. The highest BCUT2D eigenvalue weighted by Gasteiger charge is 2.26. The molecule has 0 bridgehead atoms. The summed E-state index contributed by atoms with van der Waals surface area (Å²) in [7, 11) is 0. The molecular formula is C19H19ClO2. The maximum absolute atomic E-state index is 12.5. The number of benzene rings is 2. The first-order valence-electron chi connectivity index (χ1n) is 7.31. The van der Waals surface area contributed by atoms with E-state index in [2.05, 4.69) is 0 Å². The third kappa shape index (κ3) is 3.99. The Balaban J connectivity index is 2.50. The SMILES string of the molecule is CCOC(=O)C(C(=CCCl)c1ccccc1)c1ccccc1. The van der Waals surface area contributed by atoms with E-state index in [9.17, 15) is 4.79 Å². The van der Waals surface area contributed by atoms with Crippen molar-refractivity contribution in [1.29, 1.82) is 0 Å². The van der Waals surface area contributed by atoms with Crippen molar-refractivity contribution in [1.82, 2.24) is 0 Å². The fraction of sp³-hybridized carbons (Fsp3) is 0.211. The number of hydrogen-bond donors (Lipinski definition) is 0. The first kappa shape index (κ1) is 16.3. The zero-order valence-electron chi connectivity index (χ0n) is 12.5. The molecule has 0 spiro atoms. The summed E-state index contributed by atoms with van der Waals surface area (Å²) in [6.07, 6.45) is 1.88. The molecule has 1 atom stereocenters. The molecule has 0 saturated carbocycles. The minimum absolute atomic E-state index is 0.256. The van der Waals surface area contributed by atoms with Crippen LogP contribution in [-0.2, 0) is 9.53 Å². The van der Waals surface area contributed by atoms with Gasteiger partial charge in [0.05, 0.1) is 6.61 Å². The van der Waals surface area contributed by atoms with Crippen molar-refractivity contribution in [2.45, 2.75) is 12.8 Å². The van der Waals surface area contributed by atoms with Gasteiger partial charge in [-0.2, -0.15) is 0 Å². The minimum Gasteiger partial charge on any atom is -0.465 e. The van der Waals surface area contributed by atoms with Crippen LogP contribution in [0.15, 0.2) is 66.7 Å². The summed E-state index contributed by atoms with van der Waals surface area (Å²) < 4.78 is 5.28. The largest absolute Gasteiger partial charge is 0.465 e. The van der Waals surface area contributed by atoms with Crippen LogP contribution in [0.25, 0.3) is 5.57 Å². The van der Waals surface area contributed by atoms with Crippen LogP contribution in [0.2, 0.25) is 0 Å². The summed E-state index contributed by atoms with van der Waals surface area (Å²) in [5.74, 6) is -0.385. The number of halogens is 1. The van der Waals surface area contributed by atoms with Crippen LogP contribution in [0.4, 0.5) is 0 Å². The summed E-state index contributed by atoms with van der Waals surface area (Å²) >= 11 is 5.93. The topological polar surface area (TPSA) is 26.3 Å². The lowest BCUT2D eigenvalue weighted by molar-refractivity contribution is -0.143. The molecule has 0 heterocycles. The van der Waals surface area contributed by atoms with Crippen molar-refractivity contribution in [2.75, 3.05) is 12.5 Å². The number of rotatable bonds is 6. The van der Waals surface area contributed by atoms with E-state index in [4.69, 9.17) is 16.3 Å². The first-order chi connectivity index (χ1) is 10.8. The molecule has 0 aliphatic rings. The lowest BCUT2D eigenvalue weighted by Gasteiger charge is -2.20. The van der Waals surface area contributed by atoms with Crippen molar-refractivity contribution in [2.24, 2.45) is 0 Å². The van der Waals surface area contributed by atoms with E-state index in [0.717, 1.165) is 16.7 Å². The molecular weight excluding hydrogens is 296 g/mol. The van der Waals surface area contributed by atoms with Gasteiger partial charge in [-0.1, -0.05) is 66.7 Å². The molecule has 0 N–H and O–H groups in total. The van der Waals surface area contributed by atoms with Gasteiger partial charge in [-0.05, 0) is 23.6 Å². The average Bonchev–Trinajstić information content (AvgIpc) is 2.56. The summed E-state index contributed by atoms with van der Waals surface area (Å²) in [6.45, 7) is 2.17. The number of carbonyl (C=O) groups excluding carboxylic acids is 1. The standard InChI is InChI=1S/C19H19ClO2/c1-2-22-19(21)18(16-11-7-4-8-12-16)17(13-14-20)15-9-5-3-6-10-15/h3-13,18H,2,14H2,1H3. The van der Waals surface area contributed by atoms with E-state index >= 15 is 0 Å². The second-order valence-corrected chi connectivity index (χ2v) is 5.08. The minimum atomic E-state index is -0.470. The lowest BCUT2D eigenvalue weighted by Crippen LogP contribution is -2.18. The van der Waals surface area contributed by atoms with Crippen molar-refractivity contribution < 1.29 is 9.53 Å². The van der Waals surface area contributed by atoms with Crippen LogP contribution < -0.4 is 0 Å². The molecule has 0 saturated heterocycles. The fourth-order valence-corrected chi connectivity index (χ4v) is 2.60. The van der Waals surface area contributed by atoms with Gasteiger partial charge in [0.1, 0.15) is 5.92 Å². The van der Waals surface area contributed by atoms with Crippen molar-refractivity contribution in [3.63, 3.8) is 0 Å². The summed E-state index contributed by atoms with van der Waals surface area (Å²) in [4.78, 5) is 12.5. The molecule has 1 unspecified atom stereocenters. The van der Waals surface area contributed by atoms with Crippen LogP contribution in [0.1, 0.15) is 24.0 Å². The summed E-state index contributed by atoms with van der Waals surface area (Å²) in [5, 5.41) is 0. The highest BCUT2D eigenvalue weighted by Crippen LogP contribution is 2.33. The predicted molar refractivity (Wildman–Crippen MR) is 91.0 cm³/mol. The molecule has 0 aliphatic heterocycles. The van der Waals surface area contributed by atoms with Crippen LogP contribution in [0.5, 0.6) is 0 Å². The molecule has 0 amide bonds. The van der Waals surface area contributed by atoms with E-state index in [1.54, 1.807) is 0 Å². The molecule has 0 fully saturated rings. The third-order valence-corrected chi connectivity index (χ3v) is 3.52. The Bertz CT molecular complexity index is 620. The Labute approximate surface area is 136 Å². The Morgan fingerprint density at radius 2 is 1.68 bits per heavy atom. The van der Waals surface area contributed by atoms with Crippen molar-refractivity contribution in [3.8, 4) is 0 Å². The van der Waals surface area contributed by atoms with Gasteiger partial charge in [0.25, 0.3) is 0 Å². The van der Waals surface area contributed by atoms with Gasteiger partial charge in [0, 0.05) is 5.88 Å². The predicted octanol–water partition coefficient (Wildman–Crippen LogP) is 4.66. The molecule has 2 aromatic carbocycles. The van der Waals surface area contributed by atoms with Gasteiger partial charge in [-0.25, -0.2) is 0 Å². The van der Waals surface area contributed by atoms with Crippen LogP contribution in [0.3, 0.4) is 0 Å². The third-order valence-electron chi connectivity index (χ3n) is 3.37. The number of esters is 1. The normalized spacial score (nSPS) is 12.7. The van der Waals surface area contributed by atoms with Gasteiger partial charge in [-0.15, -0.1) is 11.6 Å². The second kappa shape index (κ2) is 8.40. The number of ether oxygens (including phenoxy) is 1. The zero-order valence-corrected chi connectivity index (χ0v) is 13.3. The van der Waals surface area contributed by atoms with Crippen LogP contribution >= 0.6 is 11.6 Å². The molecule has 2 rings (SSSR count). The molecule has 0 aromatic heterocycles. The Morgan fingerprint density at radius 3 is 2.23 bits per heavy atom. The summed E-state index contributed by atoms with van der Waals surface area (Å²) in [6, 6.07) is 19.5. The number of allylic oxidation sites excluding steroid dienone is 1. The Kier molecular flexibility index (Phi) is 6.23. The zero-order chi connectivity index (χ0) is 15.8.